The summed E-state index contributed by atoms with van der Waals surface area (Å²) in [5, 5.41) is 0. The molecular weight excluding hydrogens is 345 g/mol. The lowest BCUT2D eigenvalue weighted by atomic mass is 10.1. The average Bonchev–Trinajstić information content (AvgIpc) is 2.70. The number of nitrogens with zero attached hydrogens (tertiary/aromatic N) is 1. The monoisotopic (exact) mass is 401 g/mol. The maximum absolute atomic E-state index is 2.79. The summed E-state index contributed by atoms with van der Waals surface area (Å²) < 4.78 is 0. The van der Waals surface area contributed by atoms with Crippen LogP contribution >= 0.6 is 9.24 Å². The van der Waals surface area contributed by atoms with E-state index >= 15 is 0 Å². The molecule has 0 saturated carbocycles. The standard InChI is InChI=1S/C24H51N.CH5P/c1-4-7-10-13-16-19-22-25(23-20-17-14-11-8-5-2)24-21-18-15-12-9-6-3;1-2/h4-24H2,1-3H3;2H2,1H3. The molecule has 1 unspecified atom stereocenters. The summed E-state index contributed by atoms with van der Waals surface area (Å²) in [5.41, 5.74) is 0. The molecule has 0 saturated heterocycles. The molecule has 1 nitrogen and oxygen atoms in total. The smallest absolute Gasteiger partial charge is 0.00187 e. The van der Waals surface area contributed by atoms with Crippen molar-refractivity contribution in [2.45, 2.75) is 136 Å². The van der Waals surface area contributed by atoms with Crippen LogP contribution in [0.4, 0.5) is 0 Å². The average molecular weight is 402 g/mol. The van der Waals surface area contributed by atoms with Crippen molar-refractivity contribution in [2.75, 3.05) is 26.3 Å². The van der Waals surface area contributed by atoms with Crippen molar-refractivity contribution in [3.05, 3.63) is 0 Å². The second-order valence-corrected chi connectivity index (χ2v) is 8.14. The highest BCUT2D eigenvalue weighted by atomic mass is 31.0. The normalized spacial score (nSPS) is 10.9. The molecule has 0 heterocycles. The molecule has 0 aromatic heterocycles. The maximum Gasteiger partial charge on any atom is -0.00187 e. The van der Waals surface area contributed by atoms with E-state index in [-0.39, 0.29) is 0 Å². The molecule has 0 aromatic rings. The Bertz CT molecular complexity index is 194. The van der Waals surface area contributed by atoms with Crippen molar-refractivity contribution in [3.63, 3.8) is 0 Å². The van der Waals surface area contributed by atoms with Crippen LogP contribution in [0.5, 0.6) is 0 Å². The first-order valence-electron chi connectivity index (χ1n) is 12.6. The summed E-state index contributed by atoms with van der Waals surface area (Å²) in [6.07, 6.45) is 25.7. The topological polar surface area (TPSA) is 3.24 Å². The van der Waals surface area contributed by atoms with Gasteiger partial charge in [-0.25, -0.2) is 0 Å². The third-order valence-electron chi connectivity index (χ3n) is 5.48. The first-order chi connectivity index (χ1) is 13.3. The summed E-state index contributed by atoms with van der Waals surface area (Å²) in [6.45, 7) is 12.9. The van der Waals surface area contributed by atoms with Gasteiger partial charge in [0.2, 0.25) is 0 Å². The van der Waals surface area contributed by atoms with Gasteiger partial charge in [-0.15, -0.1) is 9.24 Å². The van der Waals surface area contributed by atoms with Crippen LogP contribution in [0, 0.1) is 0 Å². The van der Waals surface area contributed by atoms with Gasteiger partial charge in [-0.3, -0.25) is 0 Å². The van der Waals surface area contributed by atoms with Gasteiger partial charge >= 0.3 is 0 Å². The third-order valence-corrected chi connectivity index (χ3v) is 5.48. The molecule has 0 aliphatic carbocycles. The van der Waals surface area contributed by atoms with Gasteiger partial charge in [0.1, 0.15) is 0 Å². The van der Waals surface area contributed by atoms with E-state index in [1.807, 2.05) is 6.66 Å². The van der Waals surface area contributed by atoms with Crippen molar-refractivity contribution >= 4 is 9.24 Å². The Hall–Kier alpha value is 0.390. The molecule has 0 rings (SSSR count). The van der Waals surface area contributed by atoms with E-state index in [1.165, 1.54) is 135 Å². The van der Waals surface area contributed by atoms with Crippen LogP contribution in [0.25, 0.3) is 0 Å². The second-order valence-electron chi connectivity index (χ2n) is 8.14. The number of hydrogen-bond donors (Lipinski definition) is 0. The van der Waals surface area contributed by atoms with Crippen LogP contribution in [0.2, 0.25) is 0 Å². The predicted octanol–water partition coefficient (Wildman–Crippen LogP) is 8.86. The Balaban J connectivity index is 0. The quantitative estimate of drug-likeness (QED) is 0.137. The zero-order valence-electron chi connectivity index (χ0n) is 19.9. The summed E-state index contributed by atoms with van der Waals surface area (Å²) in [7, 11) is 2.42. The van der Waals surface area contributed by atoms with E-state index in [0.717, 1.165) is 0 Å². The third kappa shape index (κ3) is 26.4. The van der Waals surface area contributed by atoms with Crippen LogP contribution in [0.1, 0.15) is 136 Å². The molecule has 0 aliphatic heterocycles. The zero-order valence-corrected chi connectivity index (χ0v) is 21.0. The molecular formula is C25H56NP. The number of hydrogen-bond acceptors (Lipinski definition) is 1. The minimum atomic E-state index is 1.36. The molecule has 0 radical (unpaired) electrons. The van der Waals surface area contributed by atoms with E-state index < -0.39 is 0 Å². The molecule has 27 heavy (non-hydrogen) atoms. The minimum absolute atomic E-state index is 1.36. The molecule has 0 bridgehead atoms. The maximum atomic E-state index is 2.79. The summed E-state index contributed by atoms with van der Waals surface area (Å²) >= 11 is 0. The van der Waals surface area contributed by atoms with Gasteiger partial charge in [0.15, 0.2) is 0 Å². The largest absolute Gasteiger partial charge is 0.303 e. The van der Waals surface area contributed by atoms with Crippen LogP contribution in [-0.4, -0.2) is 31.2 Å². The molecule has 0 aliphatic rings. The molecule has 0 N–H and O–H groups in total. The predicted molar refractivity (Wildman–Crippen MR) is 132 cm³/mol. The summed E-state index contributed by atoms with van der Waals surface area (Å²) in [4.78, 5) is 2.79. The van der Waals surface area contributed by atoms with Crippen LogP contribution in [-0.2, 0) is 0 Å². The Morgan fingerprint density at radius 3 is 0.852 bits per heavy atom. The van der Waals surface area contributed by atoms with E-state index in [2.05, 4.69) is 34.9 Å². The van der Waals surface area contributed by atoms with Gasteiger partial charge in [0, 0.05) is 0 Å². The molecule has 0 spiro atoms. The molecule has 0 amide bonds. The Morgan fingerprint density at radius 1 is 0.370 bits per heavy atom. The van der Waals surface area contributed by atoms with Gasteiger partial charge in [-0.05, 0) is 38.9 Å². The van der Waals surface area contributed by atoms with Gasteiger partial charge < -0.3 is 4.90 Å². The summed E-state index contributed by atoms with van der Waals surface area (Å²) in [6, 6.07) is 0. The first kappa shape index (κ1) is 29.6. The van der Waals surface area contributed by atoms with Crippen molar-refractivity contribution in [3.8, 4) is 0 Å². The van der Waals surface area contributed by atoms with E-state index in [9.17, 15) is 0 Å². The van der Waals surface area contributed by atoms with Crippen LogP contribution in [0.15, 0.2) is 0 Å². The SMILES string of the molecule is CCCCCCCCN(CCCCCCCC)CCCCCCCC.CP. The summed E-state index contributed by atoms with van der Waals surface area (Å²) in [5.74, 6) is 0. The number of unbranched alkanes of at least 4 members (excludes halogenated alkanes) is 15. The lowest BCUT2D eigenvalue weighted by Gasteiger charge is -2.22. The van der Waals surface area contributed by atoms with Crippen molar-refractivity contribution in [2.24, 2.45) is 0 Å². The van der Waals surface area contributed by atoms with Crippen molar-refractivity contribution in [1.82, 2.24) is 4.90 Å². The molecule has 0 aromatic carbocycles. The van der Waals surface area contributed by atoms with Crippen LogP contribution < -0.4 is 0 Å². The fourth-order valence-corrected chi connectivity index (χ4v) is 3.68. The second kappa shape index (κ2) is 28.6. The molecule has 166 valence electrons. The van der Waals surface area contributed by atoms with E-state index in [4.69, 9.17) is 0 Å². The van der Waals surface area contributed by atoms with E-state index in [1.54, 1.807) is 0 Å². The first-order valence-corrected chi connectivity index (χ1v) is 13.8. The highest BCUT2D eigenvalue weighted by Gasteiger charge is 2.05. The highest BCUT2D eigenvalue weighted by molar-refractivity contribution is 7.15. The van der Waals surface area contributed by atoms with Gasteiger partial charge in [-0.2, -0.15) is 0 Å². The van der Waals surface area contributed by atoms with Crippen molar-refractivity contribution < 1.29 is 0 Å². The molecule has 2 heteroatoms. The van der Waals surface area contributed by atoms with Crippen molar-refractivity contribution in [1.29, 1.82) is 0 Å². The molecule has 0 fully saturated rings. The minimum Gasteiger partial charge on any atom is -0.303 e. The molecule has 1 atom stereocenters. The van der Waals surface area contributed by atoms with Gasteiger partial charge in [0.25, 0.3) is 0 Å². The van der Waals surface area contributed by atoms with Crippen LogP contribution in [0.3, 0.4) is 0 Å². The Kier molecular flexibility index (Phi) is 31.3. The van der Waals surface area contributed by atoms with Gasteiger partial charge in [-0.1, -0.05) is 124 Å². The highest BCUT2D eigenvalue weighted by Crippen LogP contribution is 2.11. The fourth-order valence-electron chi connectivity index (χ4n) is 3.68. The lowest BCUT2D eigenvalue weighted by molar-refractivity contribution is 0.254. The number of rotatable bonds is 21. The Morgan fingerprint density at radius 2 is 0.593 bits per heavy atom. The lowest BCUT2D eigenvalue weighted by Crippen LogP contribution is -2.27. The zero-order chi connectivity index (χ0) is 20.4. The van der Waals surface area contributed by atoms with E-state index in [0.29, 0.717) is 0 Å². The fraction of sp³-hybridized carbons (Fsp3) is 1.00. The Labute approximate surface area is 177 Å². The van der Waals surface area contributed by atoms with Gasteiger partial charge in [0.05, 0.1) is 0 Å².